The van der Waals surface area contributed by atoms with Gasteiger partial charge in [-0.25, -0.2) is 9.07 Å². The average molecular weight is 368 g/mol. The van der Waals surface area contributed by atoms with Gasteiger partial charge in [0.2, 0.25) is 0 Å². The van der Waals surface area contributed by atoms with Crippen molar-refractivity contribution in [2.45, 2.75) is 63.8 Å². The first-order chi connectivity index (χ1) is 13.0. The van der Waals surface area contributed by atoms with Crippen molar-refractivity contribution in [1.82, 2.24) is 9.78 Å². The second kappa shape index (κ2) is 6.01. The molecule has 142 valence electrons. The number of ether oxygens (including phenoxy) is 1. The summed E-state index contributed by atoms with van der Waals surface area (Å²) in [6.07, 6.45) is 10.3. The number of aliphatic hydroxyl groups is 1. The predicted molar refractivity (Wildman–Crippen MR) is 101 cm³/mol. The maximum atomic E-state index is 13.3. The topological polar surface area (TPSA) is 47.3 Å². The molecule has 1 aromatic carbocycles. The van der Waals surface area contributed by atoms with E-state index in [2.05, 4.69) is 18.1 Å². The van der Waals surface area contributed by atoms with Gasteiger partial charge in [-0.15, -0.1) is 0 Å². The number of rotatable bonds is 1. The lowest BCUT2D eigenvalue weighted by Gasteiger charge is -2.56. The van der Waals surface area contributed by atoms with Crippen LogP contribution in [0.3, 0.4) is 0 Å². The summed E-state index contributed by atoms with van der Waals surface area (Å²) in [4.78, 5) is 0. The quantitative estimate of drug-likeness (QED) is 0.812. The lowest BCUT2D eigenvalue weighted by atomic mass is 9.55. The van der Waals surface area contributed by atoms with E-state index in [-0.39, 0.29) is 16.8 Å². The Kier molecular flexibility index (Phi) is 3.82. The van der Waals surface area contributed by atoms with Gasteiger partial charge in [-0.3, -0.25) is 0 Å². The molecule has 5 rings (SSSR count). The summed E-state index contributed by atoms with van der Waals surface area (Å²) in [7, 11) is 0. The molecule has 1 saturated carbocycles. The van der Waals surface area contributed by atoms with Crippen molar-refractivity contribution in [1.29, 1.82) is 0 Å². The zero-order chi connectivity index (χ0) is 18.6. The fourth-order valence-electron chi connectivity index (χ4n) is 5.46. The molecule has 4 nitrogen and oxygen atoms in total. The van der Waals surface area contributed by atoms with Crippen molar-refractivity contribution in [3.63, 3.8) is 0 Å². The van der Waals surface area contributed by atoms with E-state index in [9.17, 15) is 9.50 Å². The summed E-state index contributed by atoms with van der Waals surface area (Å²) in [6, 6.07) is 6.46. The zero-order valence-electron chi connectivity index (χ0n) is 15.6. The molecule has 0 radical (unpaired) electrons. The molecule has 1 unspecified atom stereocenters. The number of fused-ring (bicyclic) bond motifs is 3. The first-order valence-corrected chi connectivity index (χ1v) is 9.91. The Bertz CT molecular complexity index is 900. The highest BCUT2D eigenvalue weighted by Crippen LogP contribution is 2.58. The third kappa shape index (κ3) is 2.52. The summed E-state index contributed by atoms with van der Waals surface area (Å²) >= 11 is 0. The Morgan fingerprint density at radius 1 is 1.22 bits per heavy atom. The van der Waals surface area contributed by atoms with E-state index in [1.165, 1.54) is 23.3 Å². The maximum absolute atomic E-state index is 13.3. The van der Waals surface area contributed by atoms with E-state index in [0.717, 1.165) is 56.3 Å². The van der Waals surface area contributed by atoms with Gasteiger partial charge in [0.15, 0.2) is 6.29 Å². The Labute approximate surface area is 158 Å². The van der Waals surface area contributed by atoms with Crippen molar-refractivity contribution in [2.24, 2.45) is 5.41 Å². The lowest BCUT2D eigenvalue weighted by molar-refractivity contribution is -0.255. The Morgan fingerprint density at radius 2 is 2.00 bits per heavy atom. The monoisotopic (exact) mass is 368 g/mol. The molecule has 2 heterocycles. The molecule has 2 aromatic rings. The molecule has 3 atom stereocenters. The third-order valence-corrected chi connectivity index (χ3v) is 6.95. The van der Waals surface area contributed by atoms with E-state index in [1.807, 2.05) is 10.9 Å². The van der Waals surface area contributed by atoms with Crippen LogP contribution in [0.15, 0.2) is 36.0 Å². The SMILES string of the molecule is C[C@]12Cc3cnn(-c4ccc(F)cc4)c3C=C1CCC[C@@]21CCCC(O)O1. The second-order valence-corrected chi connectivity index (χ2v) is 8.43. The minimum absolute atomic E-state index is 0.115. The van der Waals surface area contributed by atoms with Crippen LogP contribution in [0.5, 0.6) is 0 Å². The molecular formula is C22H25FN2O2. The van der Waals surface area contributed by atoms with Crippen molar-refractivity contribution < 1.29 is 14.2 Å². The Balaban J connectivity index is 1.58. The van der Waals surface area contributed by atoms with Crippen LogP contribution in [0.2, 0.25) is 0 Å². The number of nitrogens with zero attached hydrogens (tertiary/aromatic N) is 2. The van der Waals surface area contributed by atoms with Gasteiger partial charge in [-0.1, -0.05) is 12.5 Å². The van der Waals surface area contributed by atoms with Crippen LogP contribution in [0.1, 0.15) is 56.7 Å². The summed E-state index contributed by atoms with van der Waals surface area (Å²) in [6.45, 7) is 2.30. The van der Waals surface area contributed by atoms with Gasteiger partial charge < -0.3 is 9.84 Å². The lowest BCUT2D eigenvalue weighted by Crippen LogP contribution is -2.57. The summed E-state index contributed by atoms with van der Waals surface area (Å²) in [5, 5.41) is 14.8. The molecule has 0 amide bonds. The number of benzene rings is 1. The van der Waals surface area contributed by atoms with E-state index in [1.54, 1.807) is 12.1 Å². The number of halogens is 1. The van der Waals surface area contributed by atoms with Crippen LogP contribution in [-0.4, -0.2) is 26.8 Å². The minimum atomic E-state index is -0.654. The summed E-state index contributed by atoms with van der Waals surface area (Å²) in [5.74, 6) is -0.243. The number of aromatic nitrogens is 2. The van der Waals surface area contributed by atoms with Crippen LogP contribution in [0.4, 0.5) is 4.39 Å². The van der Waals surface area contributed by atoms with Gasteiger partial charge in [0.25, 0.3) is 0 Å². The third-order valence-electron chi connectivity index (χ3n) is 6.95. The van der Waals surface area contributed by atoms with Crippen LogP contribution in [0.25, 0.3) is 11.8 Å². The Morgan fingerprint density at radius 3 is 2.78 bits per heavy atom. The fourth-order valence-corrected chi connectivity index (χ4v) is 5.46. The Hall–Kier alpha value is -1.98. The highest BCUT2D eigenvalue weighted by molar-refractivity contribution is 5.62. The van der Waals surface area contributed by atoms with Gasteiger partial charge in [0.1, 0.15) is 5.82 Å². The molecule has 1 saturated heterocycles. The molecule has 1 aromatic heterocycles. The maximum Gasteiger partial charge on any atom is 0.155 e. The van der Waals surface area contributed by atoms with Crippen molar-refractivity contribution in [3.8, 4) is 5.69 Å². The molecular weight excluding hydrogens is 343 g/mol. The molecule has 1 spiro atoms. The molecule has 2 aliphatic carbocycles. The fraction of sp³-hybridized carbons (Fsp3) is 0.500. The molecule has 5 heteroatoms. The van der Waals surface area contributed by atoms with Gasteiger partial charge in [-0.2, -0.15) is 5.10 Å². The molecule has 0 bridgehead atoms. The average Bonchev–Trinajstić information content (AvgIpc) is 3.04. The number of hydrogen-bond acceptors (Lipinski definition) is 3. The molecule has 1 N–H and O–H groups in total. The molecule has 2 fully saturated rings. The van der Waals surface area contributed by atoms with Crippen molar-refractivity contribution >= 4 is 6.08 Å². The van der Waals surface area contributed by atoms with Gasteiger partial charge >= 0.3 is 0 Å². The largest absolute Gasteiger partial charge is 0.368 e. The van der Waals surface area contributed by atoms with Crippen LogP contribution in [-0.2, 0) is 11.2 Å². The first kappa shape index (κ1) is 17.1. The summed E-state index contributed by atoms with van der Waals surface area (Å²) < 4.78 is 21.5. The van der Waals surface area contributed by atoms with Crippen molar-refractivity contribution in [2.75, 3.05) is 0 Å². The van der Waals surface area contributed by atoms with Gasteiger partial charge in [0.05, 0.1) is 23.2 Å². The highest BCUT2D eigenvalue weighted by Gasteiger charge is 2.56. The molecule has 27 heavy (non-hydrogen) atoms. The van der Waals surface area contributed by atoms with E-state index in [4.69, 9.17) is 4.74 Å². The van der Waals surface area contributed by atoms with Crippen LogP contribution >= 0.6 is 0 Å². The van der Waals surface area contributed by atoms with E-state index >= 15 is 0 Å². The molecule has 1 aliphatic heterocycles. The highest BCUT2D eigenvalue weighted by atomic mass is 19.1. The number of hydrogen-bond donors (Lipinski definition) is 1. The number of aliphatic hydroxyl groups excluding tert-OH is 1. The van der Waals surface area contributed by atoms with Gasteiger partial charge in [0, 0.05) is 5.41 Å². The second-order valence-electron chi connectivity index (χ2n) is 8.43. The van der Waals surface area contributed by atoms with E-state index in [0.29, 0.717) is 0 Å². The van der Waals surface area contributed by atoms with E-state index < -0.39 is 6.29 Å². The predicted octanol–water partition coefficient (Wildman–Crippen LogP) is 4.40. The molecule has 3 aliphatic rings. The van der Waals surface area contributed by atoms with Crippen molar-refractivity contribution in [3.05, 3.63) is 53.1 Å². The standard InChI is InChI=1S/C22H25FN2O2/c1-21-13-15-14-24-25(18-8-6-17(23)7-9-18)19(15)12-16(21)4-2-10-22(21)11-3-5-20(26)27-22/h6-9,12,14,20,26H,2-5,10-11,13H2,1H3/t20?,21-,22+/m0/s1. The van der Waals surface area contributed by atoms with Crippen LogP contribution in [0, 0.1) is 11.2 Å². The first-order valence-electron chi connectivity index (χ1n) is 9.91. The minimum Gasteiger partial charge on any atom is -0.368 e. The summed E-state index contributed by atoms with van der Waals surface area (Å²) in [5.41, 5.74) is 4.13. The zero-order valence-corrected chi connectivity index (χ0v) is 15.6. The smallest absolute Gasteiger partial charge is 0.155 e. The van der Waals surface area contributed by atoms with Crippen LogP contribution < -0.4 is 0 Å². The normalized spacial score (nSPS) is 32.7. The van der Waals surface area contributed by atoms with Gasteiger partial charge in [-0.05, 0) is 80.9 Å².